The quantitative estimate of drug-likeness (QED) is 0.210. The van der Waals surface area contributed by atoms with Crippen molar-refractivity contribution in [2.24, 2.45) is 27.1 Å². The third-order valence-corrected chi connectivity index (χ3v) is 8.18. The molecule has 0 spiro atoms. The zero-order valence-electron chi connectivity index (χ0n) is 29.5. The predicted octanol–water partition coefficient (Wildman–Crippen LogP) is 12.5. The number of carbonyl (C=O) groups excluding carboxylic acids is 2. The SMILES string of the molecule is CC(C)(C)CC=CCC(=O)C(C)(C)C.CC(C)(C)CC=CSSC(C)(C)C.CC(C)(C)CCC(=O)C(C)(C)C. The Morgan fingerprint density at radius 1 is 0.538 bits per heavy atom. The number of hydrogen-bond donors (Lipinski definition) is 0. The Kier molecular flexibility index (Phi) is 20.0. The van der Waals surface area contributed by atoms with Crippen molar-refractivity contribution in [1.29, 1.82) is 0 Å². The van der Waals surface area contributed by atoms with Crippen molar-refractivity contribution in [1.82, 2.24) is 0 Å². The van der Waals surface area contributed by atoms with Crippen molar-refractivity contribution >= 4 is 33.2 Å². The summed E-state index contributed by atoms with van der Waals surface area (Å²) in [4.78, 5) is 23.0. The highest BCUT2D eigenvalue weighted by atomic mass is 33.1. The predicted molar refractivity (Wildman–Crippen MR) is 184 cm³/mol. The normalized spacial score (nSPS) is 13.6. The monoisotopic (exact) mass is 584 g/mol. The molecule has 0 atom stereocenters. The zero-order chi connectivity index (χ0) is 31.9. The van der Waals surface area contributed by atoms with Gasteiger partial charge in [0.15, 0.2) is 0 Å². The Balaban J connectivity index is -0.000000500. The molecule has 0 unspecified atom stereocenters. The van der Waals surface area contributed by atoms with Gasteiger partial charge in [-0.05, 0) is 40.9 Å². The molecule has 39 heavy (non-hydrogen) atoms. The molecule has 0 aliphatic heterocycles. The Hall–Kier alpha value is -0.480. The molecule has 0 aliphatic carbocycles. The molecule has 0 aromatic carbocycles. The summed E-state index contributed by atoms with van der Waals surface area (Å²) >= 11 is 0. The Bertz CT molecular complexity index is 732. The standard InChI is InChI=1S/C13H24O.C11H22O.C11H22S2/c1-12(2,3)10-8-7-9-11(14)13(4,5)6;1-10(2,3)8-7-9(12)11(4,5)6;1-10(2,3)8-7-9-12-13-11(4,5)6/h7-8H,9-10H2,1-6H3;7-8H2,1-6H3;7,9H,8H2,1-6H3. The van der Waals surface area contributed by atoms with Crippen molar-refractivity contribution in [3.63, 3.8) is 0 Å². The second-order valence-electron chi connectivity index (χ2n) is 17.3. The molecule has 4 heteroatoms. The molecule has 2 nitrogen and oxygen atoms in total. The van der Waals surface area contributed by atoms with Gasteiger partial charge in [-0.1, -0.05) is 164 Å². The molecule has 0 amide bonds. The largest absolute Gasteiger partial charge is 0.299 e. The van der Waals surface area contributed by atoms with Gasteiger partial charge in [-0.25, -0.2) is 0 Å². The lowest BCUT2D eigenvalue weighted by atomic mass is 9.83. The minimum absolute atomic E-state index is 0.161. The van der Waals surface area contributed by atoms with Gasteiger partial charge in [-0.15, -0.1) is 0 Å². The van der Waals surface area contributed by atoms with E-state index in [1.54, 1.807) is 0 Å². The maximum Gasteiger partial charge on any atom is 0.141 e. The van der Waals surface area contributed by atoms with Gasteiger partial charge in [0, 0.05) is 28.4 Å². The average Bonchev–Trinajstić information content (AvgIpc) is 2.65. The molecule has 0 radical (unpaired) electrons. The van der Waals surface area contributed by atoms with Crippen LogP contribution in [0.3, 0.4) is 0 Å². The van der Waals surface area contributed by atoms with E-state index in [1.165, 1.54) is 0 Å². The van der Waals surface area contributed by atoms with E-state index in [1.807, 2.05) is 69.2 Å². The van der Waals surface area contributed by atoms with Crippen LogP contribution in [0.15, 0.2) is 23.6 Å². The highest BCUT2D eigenvalue weighted by Crippen LogP contribution is 2.36. The number of carbonyl (C=O) groups is 2. The van der Waals surface area contributed by atoms with Crippen LogP contribution >= 0.6 is 21.6 Å². The highest BCUT2D eigenvalue weighted by Gasteiger charge is 2.23. The molecule has 0 N–H and O–H groups in total. The molecule has 0 aromatic rings. The van der Waals surface area contributed by atoms with Gasteiger partial charge in [0.1, 0.15) is 11.6 Å². The summed E-state index contributed by atoms with van der Waals surface area (Å²) in [5.41, 5.74) is 0.656. The molecule has 232 valence electrons. The smallest absolute Gasteiger partial charge is 0.141 e. The number of allylic oxidation sites excluding steroid dienone is 3. The van der Waals surface area contributed by atoms with Crippen LogP contribution in [0.1, 0.15) is 157 Å². The van der Waals surface area contributed by atoms with Crippen LogP contribution in [0.2, 0.25) is 0 Å². The lowest BCUT2D eigenvalue weighted by Crippen LogP contribution is -2.21. The van der Waals surface area contributed by atoms with Crippen LogP contribution in [-0.4, -0.2) is 16.3 Å². The van der Waals surface area contributed by atoms with Crippen molar-refractivity contribution in [2.45, 2.75) is 161 Å². The van der Waals surface area contributed by atoms with Crippen LogP contribution < -0.4 is 0 Å². The van der Waals surface area contributed by atoms with Crippen LogP contribution in [0.5, 0.6) is 0 Å². The lowest BCUT2D eigenvalue weighted by Gasteiger charge is -2.21. The molecule has 0 aromatic heterocycles. The van der Waals surface area contributed by atoms with E-state index in [0.717, 1.165) is 19.3 Å². The van der Waals surface area contributed by atoms with Gasteiger partial charge in [-0.3, -0.25) is 9.59 Å². The zero-order valence-corrected chi connectivity index (χ0v) is 31.1. The van der Waals surface area contributed by atoms with E-state index in [0.29, 0.717) is 40.0 Å². The summed E-state index contributed by atoms with van der Waals surface area (Å²) in [6.45, 7) is 38.5. The molecular weight excluding hydrogens is 517 g/mol. The number of rotatable bonds is 8. The van der Waals surface area contributed by atoms with Crippen molar-refractivity contribution < 1.29 is 9.59 Å². The Morgan fingerprint density at radius 3 is 1.28 bits per heavy atom. The maximum atomic E-state index is 11.5. The van der Waals surface area contributed by atoms with E-state index in [2.05, 4.69) is 101 Å². The Morgan fingerprint density at radius 2 is 0.949 bits per heavy atom. The fourth-order valence-electron chi connectivity index (χ4n) is 2.41. The topological polar surface area (TPSA) is 34.1 Å². The molecular formula is C35H68O2S2. The number of Topliss-reactive ketones (excluding diaryl/α,β-unsaturated/α-hetero) is 2. The molecule has 0 heterocycles. The minimum atomic E-state index is -0.202. The van der Waals surface area contributed by atoms with Gasteiger partial charge >= 0.3 is 0 Å². The minimum Gasteiger partial charge on any atom is -0.299 e. The van der Waals surface area contributed by atoms with E-state index in [4.69, 9.17) is 0 Å². The number of ketones is 2. The summed E-state index contributed by atoms with van der Waals surface area (Å²) in [6, 6.07) is 0. The van der Waals surface area contributed by atoms with E-state index >= 15 is 0 Å². The fraction of sp³-hybridized carbons (Fsp3) is 0.829. The summed E-state index contributed by atoms with van der Waals surface area (Å²) in [7, 11) is 3.75. The summed E-state index contributed by atoms with van der Waals surface area (Å²) in [6.07, 6.45) is 10.8. The second-order valence-corrected chi connectivity index (χ2v) is 20.2. The highest BCUT2D eigenvalue weighted by molar-refractivity contribution is 8.78. The van der Waals surface area contributed by atoms with Crippen LogP contribution in [-0.2, 0) is 9.59 Å². The van der Waals surface area contributed by atoms with Crippen LogP contribution in [0.25, 0.3) is 0 Å². The van der Waals surface area contributed by atoms with Gasteiger partial charge in [0.25, 0.3) is 0 Å². The van der Waals surface area contributed by atoms with Crippen molar-refractivity contribution in [3.8, 4) is 0 Å². The van der Waals surface area contributed by atoms with Crippen LogP contribution in [0, 0.1) is 27.1 Å². The molecule has 0 saturated heterocycles. The van der Waals surface area contributed by atoms with Crippen molar-refractivity contribution in [3.05, 3.63) is 23.6 Å². The van der Waals surface area contributed by atoms with Gasteiger partial charge < -0.3 is 0 Å². The molecule has 0 saturated carbocycles. The molecule has 0 bridgehead atoms. The van der Waals surface area contributed by atoms with E-state index in [-0.39, 0.29) is 16.2 Å². The Labute approximate surface area is 254 Å². The summed E-state index contributed by atoms with van der Waals surface area (Å²) in [5.74, 6) is 0.681. The van der Waals surface area contributed by atoms with Crippen molar-refractivity contribution in [2.75, 3.05) is 0 Å². The first-order valence-corrected chi connectivity index (χ1v) is 16.9. The first-order valence-electron chi connectivity index (χ1n) is 14.7. The summed E-state index contributed by atoms with van der Waals surface area (Å²) in [5, 5.41) is 2.21. The van der Waals surface area contributed by atoms with Gasteiger partial charge in [0.2, 0.25) is 0 Å². The molecule has 0 aliphatic rings. The third-order valence-electron chi connectivity index (χ3n) is 5.16. The maximum absolute atomic E-state index is 11.5. The summed E-state index contributed by atoms with van der Waals surface area (Å²) < 4.78 is 0.358. The fourth-order valence-corrected chi connectivity index (χ4v) is 4.20. The van der Waals surface area contributed by atoms with Gasteiger partial charge in [-0.2, -0.15) is 0 Å². The van der Waals surface area contributed by atoms with E-state index < -0.39 is 0 Å². The van der Waals surface area contributed by atoms with E-state index in [9.17, 15) is 9.59 Å². The third kappa shape index (κ3) is 37.5. The average molecular weight is 585 g/mol. The molecule has 0 rings (SSSR count). The number of hydrogen-bond acceptors (Lipinski definition) is 4. The first-order chi connectivity index (χ1) is 17.0. The first kappa shape index (κ1) is 43.0. The van der Waals surface area contributed by atoms with Gasteiger partial charge in [0.05, 0.1) is 0 Å². The second kappa shape index (κ2) is 18.1. The lowest BCUT2D eigenvalue weighted by molar-refractivity contribution is -0.127. The van der Waals surface area contributed by atoms with Crippen LogP contribution in [0.4, 0.5) is 0 Å². The molecule has 0 fully saturated rings.